The highest BCUT2D eigenvalue weighted by Gasteiger charge is 2.12. The van der Waals surface area contributed by atoms with Crippen molar-refractivity contribution in [3.05, 3.63) is 36.0 Å². The predicted molar refractivity (Wildman–Crippen MR) is 69.5 cm³/mol. The molecule has 0 aliphatic heterocycles. The van der Waals surface area contributed by atoms with Crippen molar-refractivity contribution in [1.29, 1.82) is 0 Å². The van der Waals surface area contributed by atoms with Gasteiger partial charge in [0.15, 0.2) is 0 Å². The van der Waals surface area contributed by atoms with Gasteiger partial charge in [-0.05, 0) is 11.6 Å². The molecule has 2 rings (SSSR count). The zero-order chi connectivity index (χ0) is 9.97. The number of nitrogens with one attached hydrogen (secondary N) is 2. The second kappa shape index (κ2) is 6.73. The smallest absolute Gasteiger partial charge is 0.0712 e. The van der Waals surface area contributed by atoms with Crippen LogP contribution in [0.4, 0.5) is 0 Å². The summed E-state index contributed by atoms with van der Waals surface area (Å²) in [7, 11) is 0. The van der Waals surface area contributed by atoms with Crippen LogP contribution in [-0.4, -0.2) is 16.7 Å². The number of para-hydroxylation sites is 1. The molecule has 1 atom stereocenters. The van der Waals surface area contributed by atoms with Gasteiger partial charge in [0.05, 0.1) is 6.04 Å². The number of halogens is 2. The Morgan fingerprint density at radius 2 is 2.00 bits per heavy atom. The van der Waals surface area contributed by atoms with Crippen molar-refractivity contribution in [2.45, 2.75) is 6.04 Å². The Morgan fingerprint density at radius 1 is 1.31 bits per heavy atom. The molecule has 2 aromatic rings. The van der Waals surface area contributed by atoms with Gasteiger partial charge in [-0.2, -0.15) is 5.48 Å². The minimum atomic E-state index is -0.217. The lowest BCUT2D eigenvalue weighted by Gasteiger charge is -2.10. The van der Waals surface area contributed by atoms with Crippen LogP contribution in [0, 0.1) is 0 Å². The molecule has 0 aliphatic rings. The molecule has 0 spiro atoms. The van der Waals surface area contributed by atoms with E-state index >= 15 is 0 Å². The summed E-state index contributed by atoms with van der Waals surface area (Å²) in [5.74, 6) is 0. The number of benzene rings is 1. The van der Waals surface area contributed by atoms with E-state index in [0.717, 1.165) is 16.5 Å². The summed E-state index contributed by atoms with van der Waals surface area (Å²) in [5, 5.41) is 10.0. The number of H-pyrrole nitrogens is 1. The molecule has 0 saturated carbocycles. The average molecular weight is 264 g/mol. The van der Waals surface area contributed by atoms with Gasteiger partial charge in [0.1, 0.15) is 0 Å². The summed E-state index contributed by atoms with van der Waals surface area (Å²) in [6.07, 6.45) is 1.87. The number of hydrogen-bond donors (Lipinski definition) is 4. The number of fused-ring (bicyclic) bond motifs is 1. The topological polar surface area (TPSA) is 74.1 Å². The molecule has 0 radical (unpaired) electrons. The van der Waals surface area contributed by atoms with E-state index in [1.165, 1.54) is 0 Å². The maximum absolute atomic E-state index is 8.91. The molecule has 6 heteroatoms. The molecule has 4 nitrogen and oxygen atoms in total. The van der Waals surface area contributed by atoms with Crippen LogP contribution in [0.2, 0.25) is 0 Å². The Balaban J connectivity index is 0.00000112. The minimum absolute atomic E-state index is 0. The molecule has 0 aliphatic carbocycles. The molecule has 0 saturated heterocycles. The zero-order valence-corrected chi connectivity index (χ0v) is 10.1. The Bertz CT molecular complexity index is 429. The monoisotopic (exact) mass is 263 g/mol. The highest BCUT2D eigenvalue weighted by Crippen LogP contribution is 2.22. The predicted octanol–water partition coefficient (Wildman–Crippen LogP) is 1.99. The van der Waals surface area contributed by atoms with Crippen molar-refractivity contribution >= 4 is 35.7 Å². The van der Waals surface area contributed by atoms with Crippen molar-refractivity contribution in [2.24, 2.45) is 5.73 Å². The second-order valence-corrected chi connectivity index (χ2v) is 3.21. The number of hydrogen-bond acceptors (Lipinski definition) is 3. The van der Waals surface area contributed by atoms with Gasteiger partial charge >= 0.3 is 0 Å². The number of nitrogens with two attached hydrogens (primary N) is 1. The van der Waals surface area contributed by atoms with Crippen LogP contribution in [0.25, 0.3) is 10.9 Å². The van der Waals surface area contributed by atoms with Gasteiger partial charge in [-0.25, -0.2) is 0 Å². The van der Waals surface area contributed by atoms with Gasteiger partial charge in [0.25, 0.3) is 0 Å². The van der Waals surface area contributed by atoms with Crippen LogP contribution in [-0.2, 0) is 0 Å². The van der Waals surface area contributed by atoms with Crippen molar-refractivity contribution in [3.8, 4) is 0 Å². The number of aromatic amines is 1. The molecular formula is C10H15Cl2N3O. The first-order valence-electron chi connectivity index (χ1n) is 4.52. The van der Waals surface area contributed by atoms with E-state index in [-0.39, 0.29) is 30.9 Å². The van der Waals surface area contributed by atoms with Crippen LogP contribution in [0.15, 0.2) is 30.5 Å². The fraction of sp³-hybridized carbons (Fsp3) is 0.200. The summed E-state index contributed by atoms with van der Waals surface area (Å²) in [5.41, 5.74) is 9.77. The van der Waals surface area contributed by atoms with E-state index in [9.17, 15) is 0 Å². The van der Waals surface area contributed by atoms with Gasteiger partial charge in [0.2, 0.25) is 0 Å². The zero-order valence-electron chi connectivity index (χ0n) is 8.51. The van der Waals surface area contributed by atoms with Crippen molar-refractivity contribution in [2.75, 3.05) is 6.54 Å². The molecule has 1 unspecified atom stereocenters. The Morgan fingerprint density at radius 3 is 2.62 bits per heavy atom. The third-order valence-electron chi connectivity index (χ3n) is 2.39. The largest absolute Gasteiger partial charge is 0.361 e. The van der Waals surface area contributed by atoms with Gasteiger partial charge < -0.3 is 15.9 Å². The lowest BCUT2D eigenvalue weighted by atomic mass is 10.1. The minimum Gasteiger partial charge on any atom is -0.361 e. The van der Waals surface area contributed by atoms with Crippen molar-refractivity contribution in [1.82, 2.24) is 10.5 Å². The molecule has 1 heterocycles. The summed E-state index contributed by atoms with van der Waals surface area (Å²) in [4.78, 5) is 3.13. The van der Waals surface area contributed by atoms with Crippen LogP contribution in [0.5, 0.6) is 0 Å². The molecule has 1 aromatic heterocycles. The van der Waals surface area contributed by atoms with E-state index in [2.05, 4.69) is 10.5 Å². The molecule has 16 heavy (non-hydrogen) atoms. The third kappa shape index (κ3) is 2.66. The van der Waals surface area contributed by atoms with Gasteiger partial charge in [-0.15, -0.1) is 24.8 Å². The highest BCUT2D eigenvalue weighted by atomic mass is 35.5. The maximum atomic E-state index is 8.91. The van der Waals surface area contributed by atoms with E-state index in [4.69, 9.17) is 10.9 Å². The summed E-state index contributed by atoms with van der Waals surface area (Å²) in [6.45, 7) is 0.359. The molecule has 0 fully saturated rings. The van der Waals surface area contributed by atoms with Crippen molar-refractivity contribution < 1.29 is 5.21 Å². The summed E-state index contributed by atoms with van der Waals surface area (Å²) >= 11 is 0. The Labute approximate surface area is 106 Å². The van der Waals surface area contributed by atoms with Crippen LogP contribution >= 0.6 is 24.8 Å². The lowest BCUT2D eigenvalue weighted by molar-refractivity contribution is 0.129. The average Bonchev–Trinajstić information content (AvgIpc) is 2.65. The Kier molecular flexibility index (Phi) is 6.40. The quantitative estimate of drug-likeness (QED) is 0.640. The SMILES string of the molecule is Cl.Cl.NCC(NO)c1c[nH]c2ccccc12. The van der Waals surface area contributed by atoms with E-state index < -0.39 is 0 Å². The molecule has 0 bridgehead atoms. The number of rotatable bonds is 3. The van der Waals surface area contributed by atoms with Gasteiger partial charge in [-0.1, -0.05) is 18.2 Å². The fourth-order valence-corrected chi connectivity index (χ4v) is 1.63. The standard InChI is InChI=1S/C10H13N3O.2ClH/c11-5-10(13-14)8-6-12-9-4-2-1-3-7(8)9;;/h1-4,6,10,12-14H,5,11H2;2*1H. The van der Waals surface area contributed by atoms with Crippen LogP contribution < -0.4 is 11.2 Å². The number of aromatic nitrogens is 1. The van der Waals surface area contributed by atoms with Crippen LogP contribution in [0.1, 0.15) is 11.6 Å². The first-order chi connectivity index (χ1) is 6.86. The maximum Gasteiger partial charge on any atom is 0.0712 e. The van der Waals surface area contributed by atoms with Gasteiger partial charge in [0, 0.05) is 23.6 Å². The van der Waals surface area contributed by atoms with E-state index in [1.54, 1.807) is 0 Å². The first-order valence-corrected chi connectivity index (χ1v) is 4.52. The molecule has 0 amide bonds. The lowest BCUT2D eigenvalue weighted by Crippen LogP contribution is -2.24. The normalized spacial score (nSPS) is 11.6. The molecular weight excluding hydrogens is 249 g/mol. The number of hydroxylamine groups is 1. The highest BCUT2D eigenvalue weighted by molar-refractivity contribution is 5.85. The summed E-state index contributed by atoms with van der Waals surface area (Å²) in [6, 6.07) is 7.70. The molecule has 5 N–H and O–H groups in total. The fourth-order valence-electron chi connectivity index (χ4n) is 1.63. The third-order valence-corrected chi connectivity index (χ3v) is 2.39. The van der Waals surface area contributed by atoms with Crippen LogP contribution in [0.3, 0.4) is 0 Å². The molecule has 90 valence electrons. The van der Waals surface area contributed by atoms with Gasteiger partial charge in [-0.3, -0.25) is 0 Å². The molecule has 1 aromatic carbocycles. The second-order valence-electron chi connectivity index (χ2n) is 3.21. The van der Waals surface area contributed by atoms with E-state index in [0.29, 0.717) is 6.54 Å². The van der Waals surface area contributed by atoms with Crippen molar-refractivity contribution in [3.63, 3.8) is 0 Å². The first kappa shape index (κ1) is 15.2. The summed E-state index contributed by atoms with van der Waals surface area (Å²) < 4.78 is 0. The Hall–Kier alpha value is -0.780. The van der Waals surface area contributed by atoms with E-state index in [1.807, 2.05) is 30.5 Å².